The van der Waals surface area contributed by atoms with E-state index in [0.29, 0.717) is 4.74 Å². The highest BCUT2D eigenvalue weighted by atomic mass is 79.9. The van der Waals surface area contributed by atoms with Gasteiger partial charge in [-0.15, -0.1) is 0 Å². The maximum atomic E-state index is 5.53. The zero-order valence-corrected chi connectivity index (χ0v) is 7.01. The second-order valence-electron chi connectivity index (χ2n) is 2.12. The van der Waals surface area contributed by atoms with Crippen molar-refractivity contribution in [2.45, 2.75) is 12.7 Å². The Morgan fingerprint density at radius 3 is 2.60 bits per heavy atom. The van der Waals surface area contributed by atoms with Crippen LogP contribution in [0.25, 0.3) is 0 Å². The van der Waals surface area contributed by atoms with Crippen molar-refractivity contribution in [1.82, 2.24) is 5.32 Å². The van der Waals surface area contributed by atoms with Crippen molar-refractivity contribution in [3.63, 3.8) is 0 Å². The van der Waals surface area contributed by atoms with E-state index >= 15 is 0 Å². The van der Waals surface area contributed by atoms with Crippen LogP contribution in [0.2, 0.25) is 0 Å². The molecule has 0 aromatic carbocycles. The lowest BCUT2D eigenvalue weighted by molar-refractivity contribution is 0.514. The fraction of sp³-hybridized carbons (Fsp3) is 0.500. The van der Waals surface area contributed by atoms with E-state index in [2.05, 4.69) is 31.2 Å². The van der Waals surface area contributed by atoms with E-state index in [1.165, 1.54) is 0 Å². The van der Waals surface area contributed by atoms with Crippen molar-refractivity contribution in [2.24, 2.45) is 21.5 Å². The van der Waals surface area contributed by atoms with Gasteiger partial charge in [-0.3, -0.25) is 5.73 Å². The summed E-state index contributed by atoms with van der Waals surface area (Å²) in [4.78, 5) is 7.71. The number of hydrogen-bond donors (Lipinski definition) is 3. The van der Waals surface area contributed by atoms with Gasteiger partial charge in [-0.1, -0.05) is 0 Å². The molecule has 0 radical (unpaired) electrons. The number of nitrogens with two attached hydrogens (primary N) is 2. The van der Waals surface area contributed by atoms with Crippen LogP contribution >= 0.6 is 15.9 Å². The lowest BCUT2D eigenvalue weighted by atomic mass is 10.4. The lowest BCUT2D eigenvalue weighted by Crippen LogP contribution is -2.46. The fourth-order valence-corrected chi connectivity index (χ4v) is 1.19. The van der Waals surface area contributed by atoms with Crippen LogP contribution in [0, 0.1) is 0 Å². The molecule has 56 valence electrons. The molecule has 0 aliphatic carbocycles. The first-order valence-corrected chi connectivity index (χ1v) is 3.45. The van der Waals surface area contributed by atoms with Crippen LogP contribution in [-0.4, -0.2) is 16.5 Å². The third-order valence-corrected chi connectivity index (χ3v) is 1.28. The molecule has 0 aromatic rings. The molecule has 1 rings (SSSR count). The number of nitrogens with one attached hydrogen (secondary N) is 1. The van der Waals surface area contributed by atoms with Crippen LogP contribution in [0.5, 0.6) is 0 Å². The van der Waals surface area contributed by atoms with E-state index in [9.17, 15) is 0 Å². The molecule has 0 saturated heterocycles. The minimum absolute atomic E-state index is 0.270. The summed E-state index contributed by atoms with van der Waals surface area (Å²) in [5, 5.41) is 2.65. The Morgan fingerprint density at radius 2 is 2.20 bits per heavy atom. The van der Waals surface area contributed by atoms with Gasteiger partial charge in [0, 0.05) is 0 Å². The zero-order valence-electron chi connectivity index (χ0n) is 5.43. The Morgan fingerprint density at radius 1 is 1.60 bits per heavy atom. The summed E-state index contributed by atoms with van der Waals surface area (Å²) >= 11 is 3.10. The SMILES string of the molecule is CC1(N)N=C(N)NC(Br)=N1. The molecule has 6 heteroatoms. The average Bonchev–Trinajstić information content (AvgIpc) is 1.54. The fourth-order valence-electron chi connectivity index (χ4n) is 0.629. The Bertz CT molecular complexity index is 186. The Hall–Kier alpha value is -0.620. The van der Waals surface area contributed by atoms with Crippen molar-refractivity contribution in [3.05, 3.63) is 0 Å². The Kier molecular flexibility index (Phi) is 1.65. The van der Waals surface area contributed by atoms with E-state index < -0.39 is 5.79 Å². The number of rotatable bonds is 0. The van der Waals surface area contributed by atoms with Crippen LogP contribution in [0.1, 0.15) is 6.92 Å². The topological polar surface area (TPSA) is 88.8 Å². The van der Waals surface area contributed by atoms with Gasteiger partial charge in [0.15, 0.2) is 10.7 Å². The third-order valence-electron chi connectivity index (χ3n) is 0.903. The van der Waals surface area contributed by atoms with Crippen molar-refractivity contribution in [1.29, 1.82) is 0 Å². The molecule has 0 amide bonds. The molecule has 5 N–H and O–H groups in total. The summed E-state index contributed by atoms with van der Waals surface area (Å²) < 4.78 is 0.505. The minimum atomic E-state index is -0.936. The first kappa shape index (κ1) is 7.49. The number of aliphatic imine (C=N–C) groups is 2. The van der Waals surface area contributed by atoms with E-state index in [-0.39, 0.29) is 5.96 Å². The minimum Gasteiger partial charge on any atom is -0.370 e. The highest BCUT2D eigenvalue weighted by Crippen LogP contribution is 2.08. The first-order chi connectivity index (χ1) is 4.49. The van der Waals surface area contributed by atoms with E-state index in [4.69, 9.17) is 11.5 Å². The molecule has 1 aliphatic heterocycles. The van der Waals surface area contributed by atoms with Crippen LogP contribution in [-0.2, 0) is 0 Å². The molecule has 10 heavy (non-hydrogen) atoms. The van der Waals surface area contributed by atoms with Crippen molar-refractivity contribution < 1.29 is 0 Å². The maximum Gasteiger partial charge on any atom is 0.205 e. The van der Waals surface area contributed by atoms with Crippen LogP contribution < -0.4 is 16.8 Å². The zero-order chi connectivity index (χ0) is 7.78. The number of halogens is 1. The van der Waals surface area contributed by atoms with E-state index in [1.807, 2.05) is 0 Å². The van der Waals surface area contributed by atoms with Gasteiger partial charge >= 0.3 is 0 Å². The molecule has 1 heterocycles. The van der Waals surface area contributed by atoms with Gasteiger partial charge in [-0.25, -0.2) is 9.98 Å². The van der Waals surface area contributed by atoms with Gasteiger partial charge in [0.2, 0.25) is 5.79 Å². The summed E-state index contributed by atoms with van der Waals surface area (Å²) in [5.74, 6) is -0.666. The van der Waals surface area contributed by atoms with Crippen molar-refractivity contribution >= 4 is 26.6 Å². The summed E-state index contributed by atoms with van der Waals surface area (Å²) in [6.45, 7) is 1.65. The van der Waals surface area contributed by atoms with Crippen LogP contribution in [0.3, 0.4) is 0 Å². The molecule has 0 spiro atoms. The van der Waals surface area contributed by atoms with Gasteiger partial charge in [0.25, 0.3) is 0 Å². The van der Waals surface area contributed by atoms with Gasteiger partial charge in [0.05, 0.1) is 0 Å². The van der Waals surface area contributed by atoms with Gasteiger partial charge in [0.1, 0.15) is 0 Å². The molecule has 5 nitrogen and oxygen atoms in total. The first-order valence-electron chi connectivity index (χ1n) is 2.66. The number of amidine groups is 1. The summed E-state index contributed by atoms with van der Waals surface area (Å²) in [5.41, 5.74) is 10.9. The van der Waals surface area contributed by atoms with Gasteiger partial charge in [-0.05, 0) is 22.9 Å². The summed E-state index contributed by atoms with van der Waals surface area (Å²) in [6.07, 6.45) is 0. The smallest absolute Gasteiger partial charge is 0.205 e. The van der Waals surface area contributed by atoms with Gasteiger partial charge < -0.3 is 11.1 Å². The third kappa shape index (κ3) is 1.68. The summed E-state index contributed by atoms with van der Waals surface area (Å²) in [6, 6.07) is 0. The number of guanidine groups is 1. The number of hydrogen-bond acceptors (Lipinski definition) is 5. The standard InChI is InChI=1S/C4H8BrN5/c1-4(7)9-2(5)8-3(6)10-4/h7H2,1H3,(H3,6,8,9,10). The number of nitrogens with zero attached hydrogens (tertiary/aromatic N) is 2. The molecule has 0 bridgehead atoms. The van der Waals surface area contributed by atoms with Crippen LogP contribution in [0.4, 0.5) is 0 Å². The molecular formula is C4H8BrN5. The quantitative estimate of drug-likeness (QED) is 0.457. The van der Waals surface area contributed by atoms with E-state index in [1.54, 1.807) is 6.92 Å². The predicted molar refractivity (Wildman–Crippen MR) is 43.7 cm³/mol. The largest absolute Gasteiger partial charge is 0.370 e. The lowest BCUT2D eigenvalue weighted by Gasteiger charge is -2.20. The average molecular weight is 206 g/mol. The monoisotopic (exact) mass is 205 g/mol. The van der Waals surface area contributed by atoms with Crippen molar-refractivity contribution in [2.75, 3.05) is 0 Å². The Labute approximate surface area is 66.7 Å². The van der Waals surface area contributed by atoms with Gasteiger partial charge in [-0.2, -0.15) is 0 Å². The Balaban J connectivity index is 2.88. The highest BCUT2D eigenvalue weighted by Gasteiger charge is 2.20. The molecule has 1 unspecified atom stereocenters. The van der Waals surface area contributed by atoms with Crippen molar-refractivity contribution in [3.8, 4) is 0 Å². The highest BCUT2D eigenvalue weighted by molar-refractivity contribution is 9.18. The van der Waals surface area contributed by atoms with E-state index in [0.717, 1.165) is 0 Å². The molecule has 1 aliphatic rings. The molecule has 0 aromatic heterocycles. The molecule has 0 fully saturated rings. The normalized spacial score (nSPS) is 32.3. The molecule has 0 saturated carbocycles. The second kappa shape index (κ2) is 2.21. The predicted octanol–water partition coefficient (Wildman–Crippen LogP) is -0.712. The maximum absolute atomic E-state index is 5.53. The summed E-state index contributed by atoms with van der Waals surface area (Å²) in [7, 11) is 0. The van der Waals surface area contributed by atoms with Crippen LogP contribution in [0.15, 0.2) is 9.98 Å². The second-order valence-corrected chi connectivity index (χ2v) is 2.87. The molecular weight excluding hydrogens is 198 g/mol. The molecule has 1 atom stereocenters.